The normalized spacial score (nSPS) is 10.8. The average Bonchev–Trinajstić information content (AvgIpc) is 3.37. The van der Waals surface area contributed by atoms with Gasteiger partial charge < -0.3 is 15.1 Å². The third-order valence-electron chi connectivity index (χ3n) is 4.23. The van der Waals surface area contributed by atoms with E-state index >= 15 is 0 Å². The van der Waals surface area contributed by atoms with Crippen molar-refractivity contribution in [2.75, 3.05) is 11.9 Å². The maximum atomic E-state index is 12.1. The topological polar surface area (TPSA) is 84.2 Å². The number of rotatable bonds is 8. The van der Waals surface area contributed by atoms with E-state index in [1.54, 1.807) is 12.1 Å². The number of nitrogens with zero attached hydrogens (tertiary/aromatic N) is 1. The SMILES string of the molecule is CC(C)c1ccc(-c2csc(NC(=O)CCCNC(=O)c3ccco3)n2)cc1. The summed E-state index contributed by atoms with van der Waals surface area (Å²) in [6, 6.07) is 11.6. The van der Waals surface area contributed by atoms with Crippen molar-refractivity contribution in [1.29, 1.82) is 0 Å². The van der Waals surface area contributed by atoms with Crippen molar-refractivity contribution >= 4 is 28.3 Å². The number of carbonyl (C=O) groups is 2. The molecule has 0 saturated carbocycles. The van der Waals surface area contributed by atoms with Crippen LogP contribution in [0.1, 0.15) is 48.7 Å². The molecule has 1 aromatic carbocycles. The summed E-state index contributed by atoms with van der Waals surface area (Å²) in [7, 11) is 0. The summed E-state index contributed by atoms with van der Waals surface area (Å²) >= 11 is 1.40. The van der Waals surface area contributed by atoms with Gasteiger partial charge in [-0.15, -0.1) is 11.3 Å². The quantitative estimate of drug-likeness (QED) is 0.541. The predicted molar refractivity (Wildman–Crippen MR) is 111 cm³/mol. The molecule has 2 N–H and O–H groups in total. The minimum atomic E-state index is -0.279. The predicted octanol–water partition coefficient (Wildman–Crippen LogP) is 4.68. The largest absolute Gasteiger partial charge is 0.459 e. The monoisotopic (exact) mass is 397 g/mol. The Balaban J connectivity index is 1.44. The number of hydrogen-bond acceptors (Lipinski definition) is 5. The van der Waals surface area contributed by atoms with Crippen LogP contribution in [0.2, 0.25) is 0 Å². The Morgan fingerprint density at radius 2 is 1.96 bits per heavy atom. The van der Waals surface area contributed by atoms with Crippen LogP contribution in [-0.2, 0) is 4.79 Å². The van der Waals surface area contributed by atoms with E-state index in [2.05, 4.69) is 53.7 Å². The first-order valence-electron chi connectivity index (χ1n) is 9.20. The molecule has 0 radical (unpaired) electrons. The van der Waals surface area contributed by atoms with E-state index in [4.69, 9.17) is 4.42 Å². The van der Waals surface area contributed by atoms with Crippen molar-refractivity contribution in [3.05, 3.63) is 59.4 Å². The Labute approximate surface area is 168 Å². The van der Waals surface area contributed by atoms with Gasteiger partial charge in [0.1, 0.15) is 0 Å². The zero-order valence-corrected chi connectivity index (χ0v) is 16.7. The molecule has 2 heterocycles. The zero-order valence-electron chi connectivity index (χ0n) is 15.9. The molecular weight excluding hydrogens is 374 g/mol. The molecule has 2 amide bonds. The van der Waals surface area contributed by atoms with Gasteiger partial charge >= 0.3 is 0 Å². The Kier molecular flexibility index (Phi) is 6.60. The van der Waals surface area contributed by atoms with Gasteiger partial charge in [0, 0.05) is 23.9 Å². The smallest absolute Gasteiger partial charge is 0.286 e. The van der Waals surface area contributed by atoms with E-state index in [0.29, 0.717) is 30.4 Å². The number of carbonyl (C=O) groups excluding carboxylic acids is 2. The summed E-state index contributed by atoms with van der Waals surface area (Å²) in [5.41, 5.74) is 3.16. The molecule has 0 aliphatic rings. The standard InChI is InChI=1S/C21H23N3O3S/c1-14(2)15-7-9-16(10-8-15)17-13-28-21(23-17)24-19(25)6-3-11-22-20(26)18-5-4-12-27-18/h4-5,7-10,12-14H,3,6,11H2,1-2H3,(H,22,26)(H,23,24,25). The van der Waals surface area contributed by atoms with Crippen LogP contribution >= 0.6 is 11.3 Å². The summed E-state index contributed by atoms with van der Waals surface area (Å²) in [5.74, 6) is 0.353. The summed E-state index contributed by atoms with van der Waals surface area (Å²) in [4.78, 5) is 28.3. The van der Waals surface area contributed by atoms with Crippen LogP contribution < -0.4 is 10.6 Å². The van der Waals surface area contributed by atoms with Crippen LogP contribution in [0.5, 0.6) is 0 Å². The third-order valence-corrected chi connectivity index (χ3v) is 4.99. The minimum Gasteiger partial charge on any atom is -0.459 e. The molecule has 0 spiro atoms. The van der Waals surface area contributed by atoms with Crippen molar-refractivity contribution in [3.8, 4) is 11.3 Å². The molecule has 6 nitrogen and oxygen atoms in total. The van der Waals surface area contributed by atoms with Gasteiger partial charge in [0.15, 0.2) is 10.9 Å². The summed E-state index contributed by atoms with van der Waals surface area (Å²) in [5, 5.41) is 8.04. The molecule has 0 atom stereocenters. The molecule has 3 rings (SSSR count). The molecule has 7 heteroatoms. The summed E-state index contributed by atoms with van der Waals surface area (Å²) in [6.07, 6.45) is 2.28. The van der Waals surface area contributed by atoms with E-state index in [9.17, 15) is 9.59 Å². The van der Waals surface area contributed by atoms with Crippen LogP contribution in [0.25, 0.3) is 11.3 Å². The number of nitrogens with one attached hydrogen (secondary N) is 2. The number of benzene rings is 1. The zero-order chi connectivity index (χ0) is 19.9. The van der Waals surface area contributed by atoms with Crippen LogP contribution in [0.15, 0.2) is 52.5 Å². The Morgan fingerprint density at radius 3 is 2.64 bits per heavy atom. The average molecular weight is 398 g/mol. The molecule has 0 saturated heterocycles. The fourth-order valence-corrected chi connectivity index (χ4v) is 3.37. The first kappa shape index (κ1) is 19.8. The second-order valence-electron chi connectivity index (χ2n) is 6.70. The molecule has 146 valence electrons. The van der Waals surface area contributed by atoms with Gasteiger partial charge in [-0.1, -0.05) is 38.1 Å². The summed E-state index contributed by atoms with van der Waals surface area (Å²) < 4.78 is 5.01. The van der Waals surface area contributed by atoms with Crippen molar-refractivity contribution in [2.24, 2.45) is 0 Å². The highest BCUT2D eigenvalue weighted by molar-refractivity contribution is 7.14. The van der Waals surface area contributed by atoms with Crippen molar-refractivity contribution in [1.82, 2.24) is 10.3 Å². The van der Waals surface area contributed by atoms with E-state index in [1.165, 1.54) is 23.2 Å². The maximum absolute atomic E-state index is 12.1. The molecule has 0 bridgehead atoms. The lowest BCUT2D eigenvalue weighted by Crippen LogP contribution is -2.25. The van der Waals surface area contributed by atoms with Crippen LogP contribution in [-0.4, -0.2) is 23.3 Å². The number of furan rings is 1. The molecule has 3 aromatic rings. The number of thiazole rings is 1. The van der Waals surface area contributed by atoms with Gasteiger partial charge in [-0.3, -0.25) is 9.59 Å². The highest BCUT2D eigenvalue weighted by atomic mass is 32.1. The molecule has 0 aliphatic heterocycles. The second-order valence-corrected chi connectivity index (χ2v) is 7.56. The van der Waals surface area contributed by atoms with Crippen molar-refractivity contribution < 1.29 is 14.0 Å². The molecule has 28 heavy (non-hydrogen) atoms. The third kappa shape index (κ3) is 5.29. The minimum absolute atomic E-state index is 0.122. The van der Waals surface area contributed by atoms with Crippen molar-refractivity contribution in [2.45, 2.75) is 32.6 Å². The van der Waals surface area contributed by atoms with Gasteiger partial charge in [-0.05, 0) is 30.0 Å². The lowest BCUT2D eigenvalue weighted by molar-refractivity contribution is -0.116. The second kappa shape index (κ2) is 9.32. The lowest BCUT2D eigenvalue weighted by atomic mass is 10.0. The summed E-state index contributed by atoms with van der Waals surface area (Å²) in [6.45, 7) is 4.72. The number of aromatic nitrogens is 1. The number of amides is 2. The molecule has 0 fully saturated rings. The molecular formula is C21H23N3O3S. The van der Waals surface area contributed by atoms with E-state index < -0.39 is 0 Å². The van der Waals surface area contributed by atoms with Gasteiger partial charge in [-0.25, -0.2) is 4.98 Å². The fourth-order valence-electron chi connectivity index (χ4n) is 2.63. The van der Waals surface area contributed by atoms with Gasteiger partial charge in [-0.2, -0.15) is 0 Å². The van der Waals surface area contributed by atoms with Crippen molar-refractivity contribution in [3.63, 3.8) is 0 Å². The Hall–Kier alpha value is -2.93. The van der Waals surface area contributed by atoms with E-state index in [1.807, 2.05) is 5.38 Å². The Morgan fingerprint density at radius 1 is 1.18 bits per heavy atom. The first-order valence-corrected chi connectivity index (χ1v) is 10.1. The van der Waals surface area contributed by atoms with Gasteiger partial charge in [0.25, 0.3) is 5.91 Å². The first-order chi connectivity index (χ1) is 13.5. The molecule has 2 aromatic heterocycles. The highest BCUT2D eigenvalue weighted by Crippen LogP contribution is 2.26. The molecule has 0 unspecified atom stereocenters. The van der Waals surface area contributed by atoms with E-state index in [0.717, 1.165) is 11.3 Å². The van der Waals surface area contributed by atoms with Crippen LogP contribution in [0.3, 0.4) is 0 Å². The number of anilines is 1. The van der Waals surface area contributed by atoms with Crippen LogP contribution in [0, 0.1) is 0 Å². The maximum Gasteiger partial charge on any atom is 0.286 e. The van der Waals surface area contributed by atoms with Crippen LogP contribution in [0.4, 0.5) is 5.13 Å². The van der Waals surface area contributed by atoms with Gasteiger partial charge in [0.05, 0.1) is 12.0 Å². The highest BCUT2D eigenvalue weighted by Gasteiger charge is 2.10. The molecule has 0 aliphatic carbocycles. The fraction of sp³-hybridized carbons (Fsp3) is 0.286. The van der Waals surface area contributed by atoms with Gasteiger partial charge in [0.2, 0.25) is 5.91 Å². The Bertz CT molecular complexity index is 915. The lowest BCUT2D eigenvalue weighted by Gasteiger charge is -2.05. The van der Waals surface area contributed by atoms with E-state index in [-0.39, 0.29) is 17.6 Å². The number of hydrogen-bond donors (Lipinski definition) is 2.